The molecule has 2 aromatic carbocycles. The van der Waals surface area contributed by atoms with Crippen molar-refractivity contribution in [3.8, 4) is 5.75 Å². The Morgan fingerprint density at radius 2 is 1.14 bits per heavy atom. The molecular weight excluding hydrogens is 823 g/mol. The van der Waals surface area contributed by atoms with E-state index in [9.17, 15) is 43.5 Å². The number of primary amides is 1. The Bertz CT molecular complexity index is 2040. The second kappa shape index (κ2) is 21.6. The number of carbonyl (C=O) groups is 8. The zero-order valence-electron chi connectivity index (χ0n) is 36.8. The van der Waals surface area contributed by atoms with Gasteiger partial charge in [-0.25, -0.2) is 0 Å². The minimum Gasteiger partial charge on any atom is -0.508 e. The van der Waals surface area contributed by atoms with E-state index in [1.165, 1.54) is 31.7 Å². The number of hydrogen-bond acceptors (Lipinski definition) is 10. The standard InChI is InChI=1S/C46H63N9O9/c1-3-28(2)39(46(64)53-22-7-13-34(53)40(48)58)51-43(61)36-15-8-21-52(36)38(57)27-49-41(59)35-14-9-24-55(35)45(63)33(26-29-11-5-4-6-12-29)50-42(60)37-16-10-23-54(37)44(62)32(47)25-30-17-19-31(56)20-18-30/h4-6,11-12,17-20,28,32-37,39,56H,3,7-10,13-16,21-27,47H2,1-2H3,(H2,48,58)(H,49,59)(H,50,60)(H,51,61)/t28-,32-,33-,34-,35-,36-,37-,39-/m0/s1. The van der Waals surface area contributed by atoms with Crippen LogP contribution in [0, 0.1) is 5.92 Å². The summed E-state index contributed by atoms with van der Waals surface area (Å²) < 4.78 is 0. The highest BCUT2D eigenvalue weighted by Gasteiger charge is 2.43. The number of phenolic OH excluding ortho intramolecular Hbond substituents is 1. The van der Waals surface area contributed by atoms with Crippen LogP contribution in [-0.4, -0.2) is 147 Å². The van der Waals surface area contributed by atoms with Gasteiger partial charge in [-0.05, 0) is 87.0 Å². The topological polar surface area (TPSA) is 258 Å². The number of phenols is 1. The Hall–Kier alpha value is -6.04. The van der Waals surface area contributed by atoms with Crippen molar-refractivity contribution in [2.24, 2.45) is 17.4 Å². The first kappa shape index (κ1) is 47.4. The zero-order valence-corrected chi connectivity index (χ0v) is 36.8. The minimum absolute atomic E-state index is 0.0913. The third kappa shape index (κ3) is 11.2. The molecule has 0 bridgehead atoms. The molecule has 0 saturated carbocycles. The summed E-state index contributed by atoms with van der Waals surface area (Å²) in [4.78, 5) is 115. The molecule has 18 nitrogen and oxygen atoms in total. The molecule has 0 unspecified atom stereocenters. The molecule has 4 saturated heterocycles. The Morgan fingerprint density at radius 3 is 1.73 bits per heavy atom. The van der Waals surface area contributed by atoms with Gasteiger partial charge in [0.25, 0.3) is 0 Å². The van der Waals surface area contributed by atoms with Crippen LogP contribution in [0.25, 0.3) is 0 Å². The molecule has 0 aromatic heterocycles. The van der Waals surface area contributed by atoms with Crippen LogP contribution in [0.3, 0.4) is 0 Å². The van der Waals surface area contributed by atoms with Crippen molar-refractivity contribution in [3.05, 3.63) is 65.7 Å². The molecule has 4 aliphatic rings. The zero-order chi connectivity index (χ0) is 46.1. The van der Waals surface area contributed by atoms with Crippen molar-refractivity contribution >= 4 is 47.3 Å². The van der Waals surface area contributed by atoms with Gasteiger partial charge in [0, 0.05) is 32.6 Å². The van der Waals surface area contributed by atoms with Gasteiger partial charge >= 0.3 is 0 Å². The van der Waals surface area contributed by atoms with Crippen molar-refractivity contribution in [2.45, 2.75) is 127 Å². The van der Waals surface area contributed by atoms with Gasteiger partial charge in [0.2, 0.25) is 47.3 Å². The summed E-state index contributed by atoms with van der Waals surface area (Å²) in [6.45, 7) is 4.51. The van der Waals surface area contributed by atoms with Crippen molar-refractivity contribution in [1.82, 2.24) is 35.6 Å². The smallest absolute Gasteiger partial charge is 0.246 e. The van der Waals surface area contributed by atoms with Crippen LogP contribution in [0.1, 0.15) is 82.8 Å². The van der Waals surface area contributed by atoms with Crippen molar-refractivity contribution < 1.29 is 43.5 Å². The van der Waals surface area contributed by atoms with Gasteiger partial charge in [-0.2, -0.15) is 0 Å². The van der Waals surface area contributed by atoms with E-state index in [4.69, 9.17) is 11.5 Å². The van der Waals surface area contributed by atoms with Crippen LogP contribution >= 0.6 is 0 Å². The summed E-state index contributed by atoms with van der Waals surface area (Å²) in [5.74, 6) is -4.05. The average Bonchev–Trinajstić information content (AvgIpc) is 4.14. The number of hydrogen-bond donors (Lipinski definition) is 6. The van der Waals surface area contributed by atoms with E-state index in [2.05, 4.69) is 16.0 Å². The van der Waals surface area contributed by atoms with E-state index >= 15 is 0 Å². The lowest BCUT2D eigenvalue weighted by Gasteiger charge is -2.32. The average molecular weight is 886 g/mol. The van der Waals surface area contributed by atoms with E-state index in [1.54, 1.807) is 12.1 Å². The second-order valence-corrected chi connectivity index (χ2v) is 17.5. The monoisotopic (exact) mass is 885 g/mol. The molecule has 64 heavy (non-hydrogen) atoms. The van der Waals surface area contributed by atoms with Crippen molar-refractivity contribution in [1.29, 1.82) is 0 Å². The van der Waals surface area contributed by atoms with Gasteiger partial charge in [0.15, 0.2) is 0 Å². The molecule has 0 radical (unpaired) electrons. The molecule has 6 rings (SSSR count). The first-order chi connectivity index (χ1) is 30.7. The number of nitrogens with two attached hydrogens (primary N) is 2. The summed E-state index contributed by atoms with van der Waals surface area (Å²) in [5, 5.41) is 18.1. The molecule has 4 fully saturated rings. The van der Waals surface area contributed by atoms with Crippen LogP contribution in [0.15, 0.2) is 54.6 Å². The third-order valence-corrected chi connectivity index (χ3v) is 13.2. The predicted molar refractivity (Wildman–Crippen MR) is 234 cm³/mol. The molecular formula is C46H63N9O9. The SMILES string of the molecule is CC[C@H](C)[C@H](NC(=O)[C@@H]1CCCN1C(=O)CNC(=O)[C@@H]1CCCN1C(=O)[C@H](Cc1ccccc1)NC(=O)[C@@H]1CCCN1C(=O)[C@@H](N)Cc1ccc(O)cc1)C(=O)N1CCC[C@H]1C(N)=O. The lowest BCUT2D eigenvalue weighted by molar-refractivity contribution is -0.144. The van der Waals surface area contributed by atoms with Gasteiger partial charge in [0.05, 0.1) is 12.6 Å². The van der Waals surface area contributed by atoms with E-state index in [-0.39, 0.29) is 43.5 Å². The Morgan fingerprint density at radius 1 is 0.641 bits per heavy atom. The Kier molecular flexibility index (Phi) is 16.0. The fourth-order valence-electron chi connectivity index (χ4n) is 9.47. The molecule has 8 N–H and O–H groups in total. The molecule has 4 aliphatic heterocycles. The van der Waals surface area contributed by atoms with E-state index in [0.717, 1.165) is 11.1 Å². The first-order valence-electron chi connectivity index (χ1n) is 22.6. The van der Waals surface area contributed by atoms with Gasteiger partial charge in [-0.1, -0.05) is 62.7 Å². The van der Waals surface area contributed by atoms with Crippen LogP contribution in [0.2, 0.25) is 0 Å². The molecule has 18 heteroatoms. The molecule has 0 spiro atoms. The highest BCUT2D eigenvalue weighted by Crippen LogP contribution is 2.25. The predicted octanol–water partition coefficient (Wildman–Crippen LogP) is 0.0859. The molecule has 8 atom stereocenters. The lowest BCUT2D eigenvalue weighted by Crippen LogP contribution is -2.59. The van der Waals surface area contributed by atoms with E-state index in [1.807, 2.05) is 44.2 Å². The number of nitrogens with zero attached hydrogens (tertiary/aromatic N) is 4. The minimum atomic E-state index is -1.07. The largest absolute Gasteiger partial charge is 0.508 e. The maximum Gasteiger partial charge on any atom is 0.246 e. The van der Waals surface area contributed by atoms with E-state index < -0.39 is 90.2 Å². The van der Waals surface area contributed by atoms with Crippen molar-refractivity contribution in [2.75, 3.05) is 32.7 Å². The summed E-state index contributed by atoms with van der Waals surface area (Å²) >= 11 is 0. The number of amides is 8. The number of benzene rings is 2. The fraction of sp³-hybridized carbons (Fsp3) is 0.565. The summed E-state index contributed by atoms with van der Waals surface area (Å²) in [5.41, 5.74) is 13.4. The highest BCUT2D eigenvalue weighted by molar-refractivity contribution is 5.97. The number of carbonyl (C=O) groups excluding carboxylic acids is 8. The van der Waals surface area contributed by atoms with Crippen LogP contribution < -0.4 is 27.4 Å². The molecule has 4 heterocycles. The van der Waals surface area contributed by atoms with Crippen LogP contribution in [0.4, 0.5) is 0 Å². The number of aromatic hydroxyl groups is 1. The highest BCUT2D eigenvalue weighted by atomic mass is 16.3. The van der Waals surface area contributed by atoms with Crippen LogP contribution in [-0.2, 0) is 51.2 Å². The quantitative estimate of drug-likeness (QED) is 0.125. The molecule has 2 aromatic rings. The number of rotatable bonds is 17. The summed E-state index contributed by atoms with van der Waals surface area (Å²) in [6.07, 6.45) is 4.67. The second-order valence-electron chi connectivity index (χ2n) is 17.5. The normalized spacial score (nSPS) is 22.7. The van der Waals surface area contributed by atoms with Gasteiger partial charge in [0.1, 0.15) is 42.0 Å². The molecule has 8 amide bonds. The molecule has 0 aliphatic carbocycles. The summed E-state index contributed by atoms with van der Waals surface area (Å²) in [6, 6.07) is 9.22. The Balaban J connectivity index is 1.08. The first-order valence-corrected chi connectivity index (χ1v) is 22.6. The van der Waals surface area contributed by atoms with Crippen molar-refractivity contribution in [3.63, 3.8) is 0 Å². The number of nitrogens with one attached hydrogen (secondary N) is 3. The lowest BCUT2D eigenvalue weighted by atomic mass is 9.96. The summed E-state index contributed by atoms with van der Waals surface area (Å²) in [7, 11) is 0. The van der Waals surface area contributed by atoms with Gasteiger partial charge in [-0.3, -0.25) is 38.4 Å². The maximum atomic E-state index is 14.4. The number of likely N-dealkylation sites (tertiary alicyclic amines) is 4. The van der Waals surface area contributed by atoms with Gasteiger partial charge < -0.3 is 52.1 Å². The van der Waals surface area contributed by atoms with Crippen LogP contribution in [0.5, 0.6) is 5.75 Å². The molecule has 346 valence electrons. The third-order valence-electron chi connectivity index (χ3n) is 13.2. The van der Waals surface area contributed by atoms with Gasteiger partial charge in [-0.15, -0.1) is 0 Å². The van der Waals surface area contributed by atoms with E-state index in [0.29, 0.717) is 70.9 Å². The Labute approximate surface area is 373 Å². The maximum absolute atomic E-state index is 14.4. The fourth-order valence-corrected chi connectivity index (χ4v) is 9.47.